The molecule has 0 fully saturated rings. The van der Waals surface area contributed by atoms with E-state index in [2.05, 4.69) is 15.4 Å². The SMILES string of the molecule is CCc1nn(C)c(NCc2ncc(C)o2)c1[N+](=O)[O-]. The Morgan fingerprint density at radius 1 is 1.58 bits per heavy atom. The lowest BCUT2D eigenvalue weighted by molar-refractivity contribution is -0.384. The molecule has 0 aliphatic heterocycles. The maximum Gasteiger partial charge on any atom is 0.333 e. The Labute approximate surface area is 109 Å². The summed E-state index contributed by atoms with van der Waals surface area (Å²) < 4.78 is 6.77. The molecular formula is C11H15N5O3. The molecule has 0 radical (unpaired) electrons. The predicted octanol–water partition coefficient (Wildman–Crippen LogP) is 1.80. The first kappa shape index (κ1) is 13.1. The standard InChI is InChI=1S/C11H15N5O3/c1-4-8-10(16(17)18)11(15(3)14-8)13-6-9-12-5-7(2)19-9/h5,13H,4,6H2,1-3H3. The molecule has 0 aliphatic rings. The van der Waals surface area contributed by atoms with Crippen molar-refractivity contribution in [3.63, 3.8) is 0 Å². The van der Waals surface area contributed by atoms with Crippen LogP contribution >= 0.6 is 0 Å². The minimum Gasteiger partial charge on any atom is -0.444 e. The number of aromatic nitrogens is 3. The first-order valence-corrected chi connectivity index (χ1v) is 5.88. The zero-order chi connectivity index (χ0) is 14.0. The Balaban J connectivity index is 2.24. The normalized spacial score (nSPS) is 10.7. The Morgan fingerprint density at radius 2 is 2.32 bits per heavy atom. The highest BCUT2D eigenvalue weighted by Crippen LogP contribution is 2.28. The van der Waals surface area contributed by atoms with Crippen molar-refractivity contribution < 1.29 is 9.34 Å². The number of nitrogens with one attached hydrogen (secondary N) is 1. The topological polar surface area (TPSA) is 99.0 Å². The van der Waals surface area contributed by atoms with E-state index >= 15 is 0 Å². The molecule has 2 heterocycles. The van der Waals surface area contributed by atoms with Crippen molar-refractivity contribution in [1.29, 1.82) is 0 Å². The number of nitrogens with zero attached hydrogens (tertiary/aromatic N) is 4. The van der Waals surface area contributed by atoms with Gasteiger partial charge in [-0.3, -0.25) is 10.1 Å². The molecule has 19 heavy (non-hydrogen) atoms. The van der Waals surface area contributed by atoms with Crippen molar-refractivity contribution in [2.24, 2.45) is 7.05 Å². The second kappa shape index (κ2) is 5.09. The lowest BCUT2D eigenvalue weighted by Crippen LogP contribution is -2.06. The van der Waals surface area contributed by atoms with E-state index in [0.29, 0.717) is 29.6 Å². The molecule has 0 aliphatic carbocycles. The second-order valence-corrected chi connectivity index (χ2v) is 4.10. The Hall–Kier alpha value is -2.38. The molecule has 2 aromatic heterocycles. The van der Waals surface area contributed by atoms with E-state index in [1.165, 1.54) is 4.68 Å². The molecule has 1 N–H and O–H groups in total. The van der Waals surface area contributed by atoms with Gasteiger partial charge in [-0.2, -0.15) is 5.10 Å². The minimum absolute atomic E-state index is 0.00766. The Kier molecular flexibility index (Phi) is 3.50. The molecule has 0 atom stereocenters. The van der Waals surface area contributed by atoms with Gasteiger partial charge in [-0.25, -0.2) is 9.67 Å². The number of anilines is 1. The quantitative estimate of drug-likeness (QED) is 0.653. The van der Waals surface area contributed by atoms with Crippen LogP contribution in [0.4, 0.5) is 11.5 Å². The fourth-order valence-corrected chi connectivity index (χ4v) is 1.84. The molecular weight excluding hydrogens is 250 g/mol. The highest BCUT2D eigenvalue weighted by atomic mass is 16.6. The van der Waals surface area contributed by atoms with Crippen LogP contribution in [0.5, 0.6) is 0 Å². The van der Waals surface area contributed by atoms with Gasteiger partial charge in [-0.05, 0) is 13.3 Å². The van der Waals surface area contributed by atoms with Crippen molar-refractivity contribution in [2.45, 2.75) is 26.8 Å². The van der Waals surface area contributed by atoms with E-state index in [1.807, 2.05) is 6.92 Å². The number of oxazole rings is 1. The maximum absolute atomic E-state index is 11.1. The number of hydrogen-bond donors (Lipinski definition) is 1. The van der Waals surface area contributed by atoms with Crippen LogP contribution in [0.25, 0.3) is 0 Å². The average Bonchev–Trinajstić information content (AvgIpc) is 2.90. The van der Waals surface area contributed by atoms with Crippen LogP contribution in [0.2, 0.25) is 0 Å². The molecule has 0 unspecified atom stereocenters. The summed E-state index contributed by atoms with van der Waals surface area (Å²) in [6, 6.07) is 0. The molecule has 0 saturated heterocycles. The highest BCUT2D eigenvalue weighted by Gasteiger charge is 2.25. The van der Waals surface area contributed by atoms with E-state index in [-0.39, 0.29) is 12.2 Å². The van der Waals surface area contributed by atoms with Gasteiger partial charge in [0.15, 0.2) is 0 Å². The van der Waals surface area contributed by atoms with Gasteiger partial charge in [0.2, 0.25) is 11.7 Å². The van der Waals surface area contributed by atoms with E-state index in [9.17, 15) is 10.1 Å². The molecule has 2 aromatic rings. The van der Waals surface area contributed by atoms with Gasteiger partial charge >= 0.3 is 5.69 Å². The fourth-order valence-electron chi connectivity index (χ4n) is 1.84. The zero-order valence-electron chi connectivity index (χ0n) is 11.0. The first-order valence-electron chi connectivity index (χ1n) is 5.88. The van der Waals surface area contributed by atoms with Crippen LogP contribution in [-0.4, -0.2) is 19.7 Å². The summed E-state index contributed by atoms with van der Waals surface area (Å²) >= 11 is 0. The zero-order valence-corrected chi connectivity index (χ0v) is 11.0. The highest BCUT2D eigenvalue weighted by molar-refractivity contribution is 5.59. The van der Waals surface area contributed by atoms with Crippen LogP contribution in [0.3, 0.4) is 0 Å². The monoisotopic (exact) mass is 265 g/mol. The third-order valence-corrected chi connectivity index (χ3v) is 2.69. The molecule has 0 amide bonds. The van der Waals surface area contributed by atoms with E-state index in [1.54, 1.807) is 20.2 Å². The molecule has 0 saturated carbocycles. The molecule has 2 rings (SSSR count). The number of nitro groups is 1. The van der Waals surface area contributed by atoms with Crippen molar-refractivity contribution >= 4 is 11.5 Å². The van der Waals surface area contributed by atoms with Gasteiger partial charge in [0.25, 0.3) is 0 Å². The molecule has 0 bridgehead atoms. The van der Waals surface area contributed by atoms with Crippen molar-refractivity contribution in [2.75, 3.05) is 5.32 Å². The molecule has 8 heteroatoms. The number of rotatable bonds is 5. The van der Waals surface area contributed by atoms with Gasteiger partial charge in [-0.15, -0.1) is 0 Å². The minimum atomic E-state index is -0.422. The van der Waals surface area contributed by atoms with Gasteiger partial charge in [0, 0.05) is 7.05 Å². The third kappa shape index (κ3) is 2.56. The van der Waals surface area contributed by atoms with Crippen LogP contribution in [0.1, 0.15) is 24.3 Å². The Morgan fingerprint density at radius 3 is 2.84 bits per heavy atom. The third-order valence-electron chi connectivity index (χ3n) is 2.69. The summed E-state index contributed by atoms with van der Waals surface area (Å²) in [5.74, 6) is 1.54. The van der Waals surface area contributed by atoms with Gasteiger partial charge < -0.3 is 9.73 Å². The average molecular weight is 265 g/mol. The van der Waals surface area contributed by atoms with Gasteiger partial charge in [0.1, 0.15) is 11.5 Å². The summed E-state index contributed by atoms with van der Waals surface area (Å²) in [6.07, 6.45) is 2.11. The largest absolute Gasteiger partial charge is 0.444 e. The van der Waals surface area contributed by atoms with Crippen LogP contribution < -0.4 is 5.32 Å². The molecule has 102 valence electrons. The van der Waals surface area contributed by atoms with Crippen LogP contribution in [-0.2, 0) is 20.0 Å². The summed E-state index contributed by atoms with van der Waals surface area (Å²) in [5.41, 5.74) is 0.465. The van der Waals surface area contributed by atoms with Crippen molar-refractivity contribution in [1.82, 2.24) is 14.8 Å². The summed E-state index contributed by atoms with van der Waals surface area (Å²) in [7, 11) is 1.66. The lowest BCUT2D eigenvalue weighted by Gasteiger charge is -2.03. The predicted molar refractivity (Wildman–Crippen MR) is 67.8 cm³/mol. The maximum atomic E-state index is 11.1. The van der Waals surface area contributed by atoms with Crippen molar-refractivity contribution in [3.8, 4) is 0 Å². The molecule has 0 aromatic carbocycles. The summed E-state index contributed by atoms with van der Waals surface area (Å²) in [6.45, 7) is 3.89. The first-order chi connectivity index (χ1) is 9.02. The number of aryl methyl sites for hydroxylation is 3. The number of hydrogen-bond acceptors (Lipinski definition) is 6. The smallest absolute Gasteiger partial charge is 0.333 e. The molecule has 0 spiro atoms. The second-order valence-electron chi connectivity index (χ2n) is 4.10. The summed E-state index contributed by atoms with van der Waals surface area (Å²) in [5, 5.41) is 18.2. The lowest BCUT2D eigenvalue weighted by atomic mass is 10.3. The van der Waals surface area contributed by atoms with E-state index in [0.717, 1.165) is 0 Å². The van der Waals surface area contributed by atoms with E-state index in [4.69, 9.17) is 4.42 Å². The molecule has 8 nitrogen and oxygen atoms in total. The van der Waals surface area contributed by atoms with E-state index < -0.39 is 4.92 Å². The Bertz CT molecular complexity index is 601. The van der Waals surface area contributed by atoms with Crippen molar-refractivity contribution in [3.05, 3.63) is 33.7 Å². The van der Waals surface area contributed by atoms with Gasteiger partial charge in [-0.1, -0.05) is 6.92 Å². The summed E-state index contributed by atoms with van der Waals surface area (Å²) in [4.78, 5) is 14.7. The van der Waals surface area contributed by atoms with Gasteiger partial charge in [0.05, 0.1) is 17.7 Å². The van der Waals surface area contributed by atoms with Crippen LogP contribution in [0.15, 0.2) is 10.6 Å². The van der Waals surface area contributed by atoms with Crippen LogP contribution in [0, 0.1) is 17.0 Å². The fraction of sp³-hybridized carbons (Fsp3) is 0.455.